The van der Waals surface area contributed by atoms with Crippen molar-refractivity contribution >= 4 is 27.7 Å². The first-order chi connectivity index (χ1) is 12.1. The number of primary amides is 1. The molecule has 1 radical (unpaired) electrons. The molecule has 1 aromatic heterocycles. The van der Waals surface area contributed by atoms with E-state index in [1.165, 1.54) is 16.7 Å². The lowest BCUT2D eigenvalue weighted by Gasteiger charge is -2.12. The van der Waals surface area contributed by atoms with Crippen molar-refractivity contribution in [3.63, 3.8) is 0 Å². The molecule has 0 saturated carbocycles. The maximum absolute atomic E-state index is 11.9. The Bertz CT molecular complexity index is 1120. The highest BCUT2D eigenvalue weighted by molar-refractivity contribution is 6.17. The van der Waals surface area contributed by atoms with Crippen molar-refractivity contribution in [2.45, 2.75) is 20.4 Å². The molecule has 4 rings (SSSR count). The molecule has 0 fully saturated rings. The lowest BCUT2D eigenvalue weighted by atomic mass is 10.0. The molecule has 0 atom stereocenters. The molecule has 0 bridgehead atoms. The molecular formula is C22H19N2O. The molecule has 123 valence electrons. The first-order valence-corrected chi connectivity index (χ1v) is 8.34. The van der Waals surface area contributed by atoms with Gasteiger partial charge in [-0.1, -0.05) is 36.4 Å². The van der Waals surface area contributed by atoms with Crippen LogP contribution in [0.4, 0.5) is 0 Å². The minimum Gasteiger partial charge on any atom is -0.366 e. The smallest absolute Gasteiger partial charge is 0.249 e. The Labute approximate surface area is 146 Å². The SMILES string of the molecule is Cc1cccc(Cn2c3ccc[c]c3c3c(C(N)=O)cccc32)c1C. The van der Waals surface area contributed by atoms with Crippen LogP contribution in [-0.4, -0.2) is 10.5 Å². The van der Waals surface area contributed by atoms with Crippen LogP contribution < -0.4 is 5.73 Å². The number of benzene rings is 3. The molecule has 1 heterocycles. The number of carbonyl (C=O) groups excluding carboxylic acids is 1. The second kappa shape index (κ2) is 5.78. The zero-order valence-electron chi connectivity index (χ0n) is 14.3. The van der Waals surface area contributed by atoms with E-state index in [-0.39, 0.29) is 0 Å². The maximum Gasteiger partial charge on any atom is 0.249 e. The number of nitrogens with two attached hydrogens (primary N) is 1. The van der Waals surface area contributed by atoms with Gasteiger partial charge < -0.3 is 10.3 Å². The van der Waals surface area contributed by atoms with Gasteiger partial charge in [0, 0.05) is 22.9 Å². The van der Waals surface area contributed by atoms with E-state index in [0.29, 0.717) is 5.56 Å². The van der Waals surface area contributed by atoms with Crippen LogP contribution in [0.2, 0.25) is 0 Å². The summed E-state index contributed by atoms with van der Waals surface area (Å²) in [6, 6.07) is 21.3. The molecule has 0 saturated heterocycles. The highest BCUT2D eigenvalue weighted by Crippen LogP contribution is 2.32. The predicted octanol–water partition coefficient (Wildman–Crippen LogP) is 4.36. The summed E-state index contributed by atoms with van der Waals surface area (Å²) in [5.74, 6) is -0.409. The van der Waals surface area contributed by atoms with Gasteiger partial charge in [0.15, 0.2) is 0 Å². The Hall–Kier alpha value is -3.07. The highest BCUT2D eigenvalue weighted by Gasteiger charge is 2.16. The minimum absolute atomic E-state index is 0.409. The Kier molecular flexibility index (Phi) is 3.57. The molecule has 0 unspecified atom stereocenters. The summed E-state index contributed by atoms with van der Waals surface area (Å²) >= 11 is 0. The number of rotatable bonds is 3. The number of hydrogen-bond acceptors (Lipinski definition) is 1. The molecule has 25 heavy (non-hydrogen) atoms. The summed E-state index contributed by atoms with van der Waals surface area (Å²) in [5.41, 5.74) is 12.1. The third-order valence-electron chi connectivity index (χ3n) is 5.02. The average Bonchev–Trinajstić information content (AvgIpc) is 2.93. The number of amides is 1. The fraction of sp³-hybridized carbons (Fsp3) is 0.136. The lowest BCUT2D eigenvalue weighted by molar-refractivity contribution is 0.100. The van der Waals surface area contributed by atoms with Crippen LogP contribution in [0.15, 0.2) is 54.6 Å². The van der Waals surface area contributed by atoms with Gasteiger partial charge in [0.25, 0.3) is 0 Å². The second-order valence-electron chi connectivity index (χ2n) is 6.44. The second-order valence-corrected chi connectivity index (χ2v) is 6.44. The van der Waals surface area contributed by atoms with Gasteiger partial charge in [0.1, 0.15) is 0 Å². The van der Waals surface area contributed by atoms with E-state index in [9.17, 15) is 4.79 Å². The van der Waals surface area contributed by atoms with Crippen LogP contribution in [0.1, 0.15) is 27.0 Å². The number of fused-ring (bicyclic) bond motifs is 3. The summed E-state index contributed by atoms with van der Waals surface area (Å²) in [5, 5.41) is 1.83. The van der Waals surface area contributed by atoms with E-state index in [1.54, 1.807) is 6.07 Å². The van der Waals surface area contributed by atoms with Crippen LogP contribution >= 0.6 is 0 Å². The fourth-order valence-corrected chi connectivity index (χ4v) is 3.54. The van der Waals surface area contributed by atoms with Crippen molar-refractivity contribution in [2.75, 3.05) is 0 Å². The third-order valence-corrected chi connectivity index (χ3v) is 5.02. The van der Waals surface area contributed by atoms with Crippen molar-refractivity contribution < 1.29 is 4.79 Å². The Balaban J connectivity index is 2.04. The normalized spacial score (nSPS) is 11.3. The number of hydrogen-bond donors (Lipinski definition) is 1. The van der Waals surface area contributed by atoms with Crippen LogP contribution in [0, 0.1) is 19.9 Å². The standard InChI is InChI=1S/C22H19N2O/c1-14-7-5-8-16(15(14)2)13-24-19-11-4-3-9-17(19)21-18(22(23)25)10-6-12-20(21)24/h3-8,10-12H,13H2,1-2H3,(H2,23,25). The van der Waals surface area contributed by atoms with Gasteiger partial charge in [-0.3, -0.25) is 4.79 Å². The first-order valence-electron chi connectivity index (χ1n) is 8.34. The van der Waals surface area contributed by atoms with Gasteiger partial charge in [0.05, 0.1) is 11.0 Å². The fourth-order valence-electron chi connectivity index (χ4n) is 3.54. The van der Waals surface area contributed by atoms with Crippen molar-refractivity contribution in [3.05, 3.63) is 82.9 Å². The molecule has 0 spiro atoms. The quantitative estimate of drug-likeness (QED) is 0.597. The number of nitrogens with zero attached hydrogens (tertiary/aromatic N) is 1. The topological polar surface area (TPSA) is 48.0 Å². The molecule has 0 aliphatic carbocycles. The molecule has 0 aliphatic heterocycles. The molecule has 0 aliphatic rings. The van der Waals surface area contributed by atoms with Gasteiger partial charge >= 0.3 is 0 Å². The van der Waals surface area contributed by atoms with E-state index in [0.717, 1.165) is 28.4 Å². The predicted molar refractivity (Wildman–Crippen MR) is 102 cm³/mol. The molecule has 3 aromatic carbocycles. The van der Waals surface area contributed by atoms with E-state index in [4.69, 9.17) is 5.73 Å². The van der Waals surface area contributed by atoms with E-state index >= 15 is 0 Å². The van der Waals surface area contributed by atoms with Crippen molar-refractivity contribution in [1.82, 2.24) is 4.57 Å². The third kappa shape index (κ3) is 2.40. The van der Waals surface area contributed by atoms with Crippen molar-refractivity contribution in [3.8, 4) is 0 Å². The average molecular weight is 327 g/mol. The van der Waals surface area contributed by atoms with Crippen molar-refractivity contribution in [2.24, 2.45) is 5.73 Å². The molecule has 4 aromatic rings. The lowest BCUT2D eigenvalue weighted by Crippen LogP contribution is -2.11. The molecule has 2 N–H and O–H groups in total. The first kappa shape index (κ1) is 15.5. The van der Waals surface area contributed by atoms with Gasteiger partial charge in [-0.05, 0) is 54.8 Å². The summed E-state index contributed by atoms with van der Waals surface area (Å²) < 4.78 is 2.25. The summed E-state index contributed by atoms with van der Waals surface area (Å²) in [4.78, 5) is 11.9. The zero-order chi connectivity index (χ0) is 17.6. The maximum atomic E-state index is 11.9. The Morgan fingerprint density at radius 1 is 1.04 bits per heavy atom. The Morgan fingerprint density at radius 3 is 2.60 bits per heavy atom. The highest BCUT2D eigenvalue weighted by atomic mass is 16.1. The molecular weight excluding hydrogens is 308 g/mol. The zero-order valence-corrected chi connectivity index (χ0v) is 14.3. The van der Waals surface area contributed by atoms with Crippen LogP contribution in [0.25, 0.3) is 21.8 Å². The van der Waals surface area contributed by atoms with Gasteiger partial charge in [-0.15, -0.1) is 0 Å². The molecule has 1 amide bonds. The largest absolute Gasteiger partial charge is 0.366 e. The number of carbonyl (C=O) groups is 1. The van der Waals surface area contributed by atoms with E-state index < -0.39 is 5.91 Å². The molecule has 3 heteroatoms. The van der Waals surface area contributed by atoms with E-state index in [1.807, 2.05) is 24.3 Å². The Morgan fingerprint density at radius 2 is 1.80 bits per heavy atom. The summed E-state index contributed by atoms with van der Waals surface area (Å²) in [7, 11) is 0. The van der Waals surface area contributed by atoms with Crippen molar-refractivity contribution in [1.29, 1.82) is 0 Å². The van der Waals surface area contributed by atoms with Gasteiger partial charge in [-0.2, -0.15) is 0 Å². The summed E-state index contributed by atoms with van der Waals surface area (Å²) in [6.45, 7) is 5.02. The minimum atomic E-state index is -0.409. The van der Waals surface area contributed by atoms with E-state index in [2.05, 4.69) is 48.7 Å². The monoisotopic (exact) mass is 327 g/mol. The van der Waals surface area contributed by atoms with Crippen LogP contribution in [0.3, 0.4) is 0 Å². The number of aryl methyl sites for hydroxylation is 1. The van der Waals surface area contributed by atoms with Crippen LogP contribution in [0.5, 0.6) is 0 Å². The molecule has 3 nitrogen and oxygen atoms in total. The van der Waals surface area contributed by atoms with Gasteiger partial charge in [-0.25, -0.2) is 0 Å². The van der Waals surface area contributed by atoms with Gasteiger partial charge in [0.2, 0.25) is 5.91 Å². The number of aromatic nitrogens is 1. The van der Waals surface area contributed by atoms with Crippen LogP contribution in [-0.2, 0) is 6.54 Å². The summed E-state index contributed by atoms with van der Waals surface area (Å²) in [6.07, 6.45) is 0.